The summed E-state index contributed by atoms with van der Waals surface area (Å²) in [6, 6.07) is 0.912. The van der Waals surface area contributed by atoms with Crippen LogP contribution in [0.25, 0.3) is 0 Å². The largest absolute Gasteiger partial charge is 0.355 e. The fourth-order valence-corrected chi connectivity index (χ4v) is 1.61. The molecule has 1 aromatic rings. The number of hydrogen-bond acceptors (Lipinski definition) is 4. The first-order valence-corrected chi connectivity index (χ1v) is 6.69. The highest BCUT2D eigenvalue weighted by Crippen LogP contribution is 2.16. The smallest absolute Gasteiger partial charge is 0.147 e. The van der Waals surface area contributed by atoms with E-state index in [0.29, 0.717) is 18.0 Å². The standard InChI is InChI=1S/C14H26N4/c1-10(2)12(5)18(6)14-9-15-7-13(17-14)8-16-11(3)4/h7,9-12,16H,8H2,1-6H3. The maximum absolute atomic E-state index is 4.65. The Bertz CT molecular complexity index is 363. The van der Waals surface area contributed by atoms with Gasteiger partial charge in [0.25, 0.3) is 0 Å². The molecule has 1 unspecified atom stereocenters. The molecule has 0 amide bonds. The van der Waals surface area contributed by atoms with Crippen molar-refractivity contribution in [2.24, 2.45) is 5.92 Å². The van der Waals surface area contributed by atoms with Crippen molar-refractivity contribution in [3.8, 4) is 0 Å². The van der Waals surface area contributed by atoms with Gasteiger partial charge in [0.05, 0.1) is 11.9 Å². The van der Waals surface area contributed by atoms with Crippen LogP contribution in [0.4, 0.5) is 5.82 Å². The molecule has 0 spiro atoms. The summed E-state index contributed by atoms with van der Waals surface area (Å²) >= 11 is 0. The monoisotopic (exact) mass is 250 g/mol. The summed E-state index contributed by atoms with van der Waals surface area (Å²) in [5.74, 6) is 1.54. The molecule has 18 heavy (non-hydrogen) atoms. The van der Waals surface area contributed by atoms with E-state index in [1.165, 1.54) is 0 Å². The van der Waals surface area contributed by atoms with Crippen LogP contribution in [0.15, 0.2) is 12.4 Å². The van der Waals surface area contributed by atoms with E-state index in [4.69, 9.17) is 0 Å². The summed E-state index contributed by atoms with van der Waals surface area (Å²) in [6.45, 7) is 11.7. The van der Waals surface area contributed by atoms with E-state index in [1.807, 2.05) is 12.4 Å². The average molecular weight is 250 g/mol. The summed E-state index contributed by atoms with van der Waals surface area (Å²) in [6.07, 6.45) is 3.66. The van der Waals surface area contributed by atoms with Gasteiger partial charge < -0.3 is 10.2 Å². The zero-order chi connectivity index (χ0) is 13.7. The van der Waals surface area contributed by atoms with Gasteiger partial charge in [-0.1, -0.05) is 27.7 Å². The molecule has 4 nitrogen and oxygen atoms in total. The first kappa shape index (κ1) is 14.9. The van der Waals surface area contributed by atoms with Gasteiger partial charge in [0.2, 0.25) is 0 Å². The summed E-state index contributed by atoms with van der Waals surface area (Å²) < 4.78 is 0. The molecular formula is C14H26N4. The fourth-order valence-electron chi connectivity index (χ4n) is 1.61. The van der Waals surface area contributed by atoms with Gasteiger partial charge in [0, 0.05) is 31.9 Å². The Balaban J connectivity index is 2.75. The van der Waals surface area contributed by atoms with Crippen LogP contribution in [0.1, 0.15) is 40.3 Å². The second-order valence-corrected chi connectivity index (χ2v) is 5.50. The van der Waals surface area contributed by atoms with E-state index < -0.39 is 0 Å². The molecule has 0 bridgehead atoms. The van der Waals surface area contributed by atoms with Crippen LogP contribution in [0.5, 0.6) is 0 Å². The highest BCUT2D eigenvalue weighted by Gasteiger charge is 2.15. The third-order valence-corrected chi connectivity index (χ3v) is 3.30. The molecule has 0 aliphatic rings. The molecule has 102 valence electrons. The minimum absolute atomic E-state index is 0.451. The van der Waals surface area contributed by atoms with Crippen LogP contribution in [0, 0.1) is 5.92 Å². The van der Waals surface area contributed by atoms with Crippen molar-refractivity contribution >= 4 is 5.82 Å². The molecule has 1 aromatic heterocycles. The molecular weight excluding hydrogens is 224 g/mol. The van der Waals surface area contributed by atoms with Crippen LogP contribution in [-0.4, -0.2) is 29.1 Å². The minimum atomic E-state index is 0.451. The molecule has 1 atom stereocenters. The Morgan fingerprint density at radius 1 is 1.17 bits per heavy atom. The third-order valence-electron chi connectivity index (χ3n) is 3.30. The van der Waals surface area contributed by atoms with Gasteiger partial charge in [-0.15, -0.1) is 0 Å². The van der Waals surface area contributed by atoms with Gasteiger partial charge in [-0.2, -0.15) is 0 Å². The molecule has 0 saturated carbocycles. The molecule has 1 N–H and O–H groups in total. The Morgan fingerprint density at radius 2 is 1.83 bits per heavy atom. The lowest BCUT2D eigenvalue weighted by atomic mass is 10.1. The fraction of sp³-hybridized carbons (Fsp3) is 0.714. The molecule has 0 aliphatic heterocycles. The van der Waals surface area contributed by atoms with Crippen molar-refractivity contribution in [2.45, 2.75) is 53.2 Å². The van der Waals surface area contributed by atoms with Crippen molar-refractivity contribution in [1.29, 1.82) is 0 Å². The summed E-state index contributed by atoms with van der Waals surface area (Å²) in [7, 11) is 2.08. The maximum atomic E-state index is 4.65. The molecule has 0 aromatic carbocycles. The number of aromatic nitrogens is 2. The number of rotatable bonds is 6. The highest BCUT2D eigenvalue weighted by molar-refractivity contribution is 5.36. The lowest BCUT2D eigenvalue weighted by molar-refractivity contribution is 0.501. The van der Waals surface area contributed by atoms with E-state index >= 15 is 0 Å². The van der Waals surface area contributed by atoms with E-state index in [-0.39, 0.29) is 0 Å². The predicted octanol–water partition coefficient (Wildman–Crippen LogP) is 2.46. The second-order valence-electron chi connectivity index (χ2n) is 5.50. The number of nitrogens with zero attached hydrogens (tertiary/aromatic N) is 3. The topological polar surface area (TPSA) is 41.1 Å². The van der Waals surface area contributed by atoms with Gasteiger partial charge in [0.15, 0.2) is 0 Å². The van der Waals surface area contributed by atoms with Crippen LogP contribution < -0.4 is 10.2 Å². The van der Waals surface area contributed by atoms with Crippen LogP contribution in [-0.2, 0) is 6.54 Å². The van der Waals surface area contributed by atoms with Crippen LogP contribution >= 0.6 is 0 Å². The van der Waals surface area contributed by atoms with E-state index in [2.05, 4.69) is 61.9 Å². The first-order chi connectivity index (χ1) is 8.41. The Kier molecular flexibility index (Phi) is 5.54. The molecule has 0 saturated heterocycles. The minimum Gasteiger partial charge on any atom is -0.355 e. The van der Waals surface area contributed by atoms with E-state index in [9.17, 15) is 0 Å². The second kappa shape index (κ2) is 6.69. The molecule has 4 heteroatoms. The van der Waals surface area contributed by atoms with Crippen molar-refractivity contribution in [3.05, 3.63) is 18.1 Å². The van der Waals surface area contributed by atoms with E-state index in [1.54, 1.807) is 0 Å². The molecule has 0 radical (unpaired) electrons. The Morgan fingerprint density at radius 3 is 2.39 bits per heavy atom. The zero-order valence-electron chi connectivity index (χ0n) is 12.4. The average Bonchev–Trinajstić information content (AvgIpc) is 2.34. The number of hydrogen-bond donors (Lipinski definition) is 1. The van der Waals surface area contributed by atoms with Gasteiger partial charge in [-0.3, -0.25) is 4.98 Å². The quantitative estimate of drug-likeness (QED) is 0.842. The zero-order valence-corrected chi connectivity index (χ0v) is 12.4. The van der Waals surface area contributed by atoms with Gasteiger partial charge >= 0.3 is 0 Å². The Hall–Kier alpha value is -1.16. The van der Waals surface area contributed by atoms with Crippen molar-refractivity contribution in [1.82, 2.24) is 15.3 Å². The van der Waals surface area contributed by atoms with Gasteiger partial charge in [0.1, 0.15) is 5.82 Å². The molecule has 1 heterocycles. The first-order valence-electron chi connectivity index (χ1n) is 6.69. The summed E-state index contributed by atoms with van der Waals surface area (Å²) in [5.41, 5.74) is 0.990. The van der Waals surface area contributed by atoms with Crippen molar-refractivity contribution in [2.75, 3.05) is 11.9 Å². The van der Waals surface area contributed by atoms with Gasteiger partial charge in [-0.05, 0) is 12.8 Å². The Labute approximate surface area is 111 Å². The third kappa shape index (κ3) is 4.26. The lowest BCUT2D eigenvalue weighted by Crippen LogP contribution is -2.34. The van der Waals surface area contributed by atoms with Crippen LogP contribution in [0.2, 0.25) is 0 Å². The summed E-state index contributed by atoms with van der Waals surface area (Å²) in [5, 5.41) is 3.36. The number of anilines is 1. The molecule has 0 fully saturated rings. The highest BCUT2D eigenvalue weighted by atomic mass is 15.2. The van der Waals surface area contributed by atoms with Crippen molar-refractivity contribution in [3.63, 3.8) is 0 Å². The SMILES string of the molecule is CC(C)NCc1cncc(N(C)C(C)C(C)C)n1. The normalized spacial score (nSPS) is 13.1. The maximum Gasteiger partial charge on any atom is 0.147 e. The molecule has 1 rings (SSSR count). The molecule has 0 aliphatic carbocycles. The lowest BCUT2D eigenvalue weighted by Gasteiger charge is -2.28. The van der Waals surface area contributed by atoms with Gasteiger partial charge in [-0.25, -0.2) is 4.98 Å². The predicted molar refractivity (Wildman–Crippen MR) is 76.7 cm³/mol. The van der Waals surface area contributed by atoms with E-state index in [0.717, 1.165) is 18.1 Å². The number of nitrogens with one attached hydrogen (secondary N) is 1. The van der Waals surface area contributed by atoms with Crippen molar-refractivity contribution < 1.29 is 0 Å². The van der Waals surface area contributed by atoms with Crippen LogP contribution in [0.3, 0.4) is 0 Å². The summed E-state index contributed by atoms with van der Waals surface area (Å²) in [4.78, 5) is 11.1.